The van der Waals surface area contributed by atoms with Gasteiger partial charge in [0.1, 0.15) is 5.54 Å². The number of amides is 1. The molecule has 1 aromatic rings. The molecule has 0 radical (unpaired) electrons. The first-order valence-electron chi connectivity index (χ1n) is 7.21. The number of hydrogen-bond acceptors (Lipinski definition) is 4. The van der Waals surface area contributed by atoms with E-state index in [1.165, 1.54) is 6.20 Å². The Morgan fingerprint density at radius 2 is 2.05 bits per heavy atom. The first kappa shape index (κ1) is 16.3. The molecule has 1 fully saturated rings. The van der Waals surface area contributed by atoms with Gasteiger partial charge in [-0.25, -0.2) is 0 Å². The molecular weight excluding hydrogens is 292 g/mol. The van der Waals surface area contributed by atoms with Crippen LogP contribution in [0.3, 0.4) is 0 Å². The standard InChI is InChI=1S/C14H23ClN4O2/c1-11(20)9-17-4-6-18(7-5-17)13(21)14(2,3)19-10-12(15)8-16-19/h8,10-11,20H,4-7,9H2,1-3H3. The molecule has 1 saturated heterocycles. The smallest absolute Gasteiger partial charge is 0.250 e. The molecule has 0 bridgehead atoms. The summed E-state index contributed by atoms with van der Waals surface area (Å²) in [5.41, 5.74) is -0.750. The maximum absolute atomic E-state index is 12.7. The van der Waals surface area contributed by atoms with E-state index in [2.05, 4.69) is 10.00 Å². The molecule has 7 heteroatoms. The third-order valence-electron chi connectivity index (χ3n) is 3.83. The number of carbonyl (C=O) groups excluding carboxylic acids is 1. The summed E-state index contributed by atoms with van der Waals surface area (Å²) in [4.78, 5) is 16.7. The van der Waals surface area contributed by atoms with Crippen molar-refractivity contribution in [2.24, 2.45) is 0 Å². The summed E-state index contributed by atoms with van der Waals surface area (Å²) in [6.07, 6.45) is 2.87. The van der Waals surface area contributed by atoms with E-state index in [0.29, 0.717) is 24.7 Å². The molecular formula is C14H23ClN4O2. The number of aliphatic hydroxyl groups excluding tert-OH is 1. The molecule has 1 aromatic heterocycles. The molecule has 1 amide bonds. The van der Waals surface area contributed by atoms with E-state index in [1.54, 1.807) is 17.8 Å². The van der Waals surface area contributed by atoms with Gasteiger partial charge in [-0.05, 0) is 20.8 Å². The quantitative estimate of drug-likeness (QED) is 0.893. The van der Waals surface area contributed by atoms with Gasteiger partial charge in [0.15, 0.2) is 0 Å². The van der Waals surface area contributed by atoms with Gasteiger partial charge in [0.25, 0.3) is 0 Å². The number of nitrogens with zero attached hydrogens (tertiary/aromatic N) is 4. The molecule has 2 rings (SSSR count). The fourth-order valence-corrected chi connectivity index (χ4v) is 2.73. The number of β-amino-alcohol motifs (C(OH)–C–C–N with tert-alkyl or cyclic N) is 1. The normalized spacial score (nSPS) is 18.8. The monoisotopic (exact) mass is 314 g/mol. The SMILES string of the molecule is CC(O)CN1CCN(C(=O)C(C)(C)n2cc(Cl)cn2)CC1. The second-order valence-electron chi connectivity index (χ2n) is 6.10. The van der Waals surface area contributed by atoms with E-state index in [1.807, 2.05) is 18.7 Å². The molecule has 21 heavy (non-hydrogen) atoms. The van der Waals surface area contributed by atoms with Crippen molar-refractivity contribution < 1.29 is 9.90 Å². The van der Waals surface area contributed by atoms with Gasteiger partial charge in [-0.15, -0.1) is 0 Å². The van der Waals surface area contributed by atoms with Crippen LogP contribution < -0.4 is 0 Å². The summed E-state index contributed by atoms with van der Waals surface area (Å²) < 4.78 is 1.61. The van der Waals surface area contributed by atoms with Crippen LogP contribution >= 0.6 is 11.6 Å². The third-order valence-corrected chi connectivity index (χ3v) is 4.02. The van der Waals surface area contributed by atoms with Crippen LogP contribution in [0.25, 0.3) is 0 Å². The third kappa shape index (κ3) is 3.75. The number of rotatable bonds is 4. The van der Waals surface area contributed by atoms with E-state index in [4.69, 9.17) is 11.6 Å². The van der Waals surface area contributed by atoms with Crippen molar-refractivity contribution in [1.82, 2.24) is 19.6 Å². The molecule has 1 atom stereocenters. The Labute approximate surface area is 130 Å². The van der Waals surface area contributed by atoms with Crippen molar-refractivity contribution >= 4 is 17.5 Å². The fraction of sp³-hybridized carbons (Fsp3) is 0.714. The van der Waals surface area contributed by atoms with Crippen LogP contribution in [0.5, 0.6) is 0 Å². The molecule has 0 saturated carbocycles. The van der Waals surface area contributed by atoms with E-state index < -0.39 is 5.54 Å². The Morgan fingerprint density at radius 3 is 2.52 bits per heavy atom. The minimum atomic E-state index is -0.750. The Balaban J connectivity index is 1.98. The van der Waals surface area contributed by atoms with Crippen LogP contribution in [0.15, 0.2) is 12.4 Å². The van der Waals surface area contributed by atoms with Gasteiger partial charge in [0.05, 0.1) is 17.3 Å². The lowest BCUT2D eigenvalue weighted by molar-refractivity contribution is -0.141. The van der Waals surface area contributed by atoms with Gasteiger partial charge in [-0.2, -0.15) is 5.10 Å². The van der Waals surface area contributed by atoms with E-state index in [-0.39, 0.29) is 12.0 Å². The summed E-state index contributed by atoms with van der Waals surface area (Å²) in [5.74, 6) is 0.0407. The predicted molar refractivity (Wildman–Crippen MR) is 81.3 cm³/mol. The fourth-order valence-electron chi connectivity index (χ4n) is 2.60. The molecule has 1 N–H and O–H groups in total. The van der Waals surface area contributed by atoms with Crippen molar-refractivity contribution in [2.45, 2.75) is 32.4 Å². The highest BCUT2D eigenvalue weighted by molar-refractivity contribution is 6.30. The largest absolute Gasteiger partial charge is 0.392 e. The highest BCUT2D eigenvalue weighted by atomic mass is 35.5. The van der Waals surface area contributed by atoms with Crippen molar-refractivity contribution in [3.8, 4) is 0 Å². The Morgan fingerprint density at radius 1 is 1.43 bits per heavy atom. The van der Waals surface area contributed by atoms with Gasteiger partial charge in [0, 0.05) is 38.9 Å². The zero-order valence-corrected chi connectivity index (χ0v) is 13.5. The summed E-state index contributed by atoms with van der Waals surface area (Å²) in [6.45, 7) is 9.04. The summed E-state index contributed by atoms with van der Waals surface area (Å²) >= 11 is 5.89. The molecule has 0 aromatic carbocycles. The first-order chi connectivity index (χ1) is 9.80. The highest BCUT2D eigenvalue weighted by Gasteiger charge is 2.36. The van der Waals surface area contributed by atoms with Crippen molar-refractivity contribution in [3.63, 3.8) is 0 Å². The van der Waals surface area contributed by atoms with Crippen LogP contribution in [-0.2, 0) is 10.3 Å². The van der Waals surface area contributed by atoms with Crippen molar-refractivity contribution in [3.05, 3.63) is 17.4 Å². The maximum Gasteiger partial charge on any atom is 0.250 e. The van der Waals surface area contributed by atoms with Crippen molar-refractivity contribution in [1.29, 1.82) is 0 Å². The lowest BCUT2D eigenvalue weighted by Gasteiger charge is -2.38. The number of halogens is 1. The number of piperazine rings is 1. The zero-order chi connectivity index (χ0) is 15.6. The highest BCUT2D eigenvalue weighted by Crippen LogP contribution is 2.21. The number of aromatic nitrogens is 2. The Kier molecular flexibility index (Phi) is 4.91. The summed E-state index contributed by atoms with van der Waals surface area (Å²) in [5, 5.41) is 14.1. The minimum absolute atomic E-state index is 0.0407. The topological polar surface area (TPSA) is 61.6 Å². The zero-order valence-electron chi connectivity index (χ0n) is 12.8. The molecule has 6 nitrogen and oxygen atoms in total. The van der Waals surface area contributed by atoms with Gasteiger partial charge >= 0.3 is 0 Å². The van der Waals surface area contributed by atoms with Crippen molar-refractivity contribution in [2.75, 3.05) is 32.7 Å². The maximum atomic E-state index is 12.7. The second-order valence-corrected chi connectivity index (χ2v) is 6.54. The Hall–Kier alpha value is -1.11. The van der Waals surface area contributed by atoms with Crippen LogP contribution in [0.2, 0.25) is 5.02 Å². The summed E-state index contributed by atoms with van der Waals surface area (Å²) in [7, 11) is 0. The molecule has 2 heterocycles. The number of hydrogen-bond donors (Lipinski definition) is 1. The van der Waals surface area contributed by atoms with Gasteiger partial charge in [-0.3, -0.25) is 14.4 Å². The molecule has 1 aliphatic heterocycles. The molecule has 1 aliphatic rings. The van der Waals surface area contributed by atoms with Crippen LogP contribution in [0.4, 0.5) is 0 Å². The summed E-state index contributed by atoms with van der Waals surface area (Å²) in [6, 6.07) is 0. The molecule has 118 valence electrons. The average molecular weight is 315 g/mol. The van der Waals surface area contributed by atoms with Gasteiger partial charge in [-0.1, -0.05) is 11.6 Å². The Bertz CT molecular complexity index is 493. The van der Waals surface area contributed by atoms with E-state index in [0.717, 1.165) is 13.1 Å². The minimum Gasteiger partial charge on any atom is -0.392 e. The van der Waals surface area contributed by atoms with Crippen LogP contribution in [0.1, 0.15) is 20.8 Å². The van der Waals surface area contributed by atoms with Gasteiger partial charge < -0.3 is 10.0 Å². The molecule has 1 unspecified atom stereocenters. The van der Waals surface area contributed by atoms with Crippen LogP contribution in [-0.4, -0.2) is 69.4 Å². The lowest BCUT2D eigenvalue weighted by atomic mass is 10.0. The van der Waals surface area contributed by atoms with E-state index >= 15 is 0 Å². The first-order valence-corrected chi connectivity index (χ1v) is 7.59. The van der Waals surface area contributed by atoms with Crippen LogP contribution in [0, 0.1) is 0 Å². The number of aliphatic hydroxyl groups is 1. The average Bonchev–Trinajstić information content (AvgIpc) is 2.85. The van der Waals surface area contributed by atoms with E-state index in [9.17, 15) is 9.90 Å². The molecule has 0 spiro atoms. The predicted octanol–water partition coefficient (Wildman–Crippen LogP) is 0.797. The second kappa shape index (κ2) is 6.34. The van der Waals surface area contributed by atoms with Gasteiger partial charge in [0.2, 0.25) is 5.91 Å². The molecule has 0 aliphatic carbocycles. The lowest BCUT2D eigenvalue weighted by Crippen LogP contribution is -2.55. The number of carbonyl (C=O) groups is 1.